The Kier molecular flexibility index (Phi) is 6.84. The first-order chi connectivity index (χ1) is 19.2. The predicted octanol–water partition coefficient (Wildman–Crippen LogP) is 7.84. The largest absolute Gasteiger partial charge is 0.489 e. The van der Waals surface area contributed by atoms with Gasteiger partial charge < -0.3 is 14.6 Å². The van der Waals surface area contributed by atoms with Crippen LogP contribution in [0, 0.1) is 17.2 Å². The highest BCUT2D eigenvalue weighted by Crippen LogP contribution is 2.56. The molecule has 1 spiro atoms. The van der Waals surface area contributed by atoms with Crippen molar-refractivity contribution in [2.24, 2.45) is 11.3 Å². The lowest BCUT2D eigenvalue weighted by Gasteiger charge is -2.51. The van der Waals surface area contributed by atoms with Gasteiger partial charge in [0, 0.05) is 17.0 Å². The SMILES string of the molecule is COc1cc(-c2ccc(COc3ccc4c(c3)[C@@]3(CCC4)CC[C@H]3C(=O)O)cc2[C@@H]2CCCC2(C)C)c(F)cn1. The second-order valence-electron chi connectivity index (χ2n) is 12.6. The number of rotatable bonds is 7. The van der Waals surface area contributed by atoms with E-state index in [0.717, 1.165) is 73.8 Å². The molecule has 0 radical (unpaired) electrons. The standard InChI is InChI=1S/C34H38FNO4/c1-33(2)13-5-7-27(33)25-16-21(8-11-24(25)26-18-31(39-3)36-19-30(26)35)20-40-23-10-9-22-6-4-14-34(29(22)17-23)15-12-28(34)32(37)38/h8-11,16-19,27-28H,4-7,12-15,20H2,1-3H3,(H,37,38)/t27-,28-,34-/m0/s1. The Morgan fingerprint density at radius 2 is 1.90 bits per heavy atom. The molecule has 0 aliphatic heterocycles. The van der Waals surface area contributed by atoms with Crippen molar-refractivity contribution in [3.05, 3.63) is 76.7 Å². The van der Waals surface area contributed by atoms with Crippen molar-refractivity contribution in [2.75, 3.05) is 7.11 Å². The van der Waals surface area contributed by atoms with Gasteiger partial charge in [-0.2, -0.15) is 0 Å². The third-order valence-electron chi connectivity index (χ3n) is 10.0. The number of pyridine rings is 1. The van der Waals surface area contributed by atoms with Crippen LogP contribution in [-0.2, 0) is 23.2 Å². The predicted molar refractivity (Wildman–Crippen MR) is 152 cm³/mol. The summed E-state index contributed by atoms with van der Waals surface area (Å²) in [6, 6.07) is 14.1. The van der Waals surface area contributed by atoms with Crippen LogP contribution in [0.5, 0.6) is 11.6 Å². The van der Waals surface area contributed by atoms with Gasteiger partial charge in [-0.25, -0.2) is 9.37 Å². The molecule has 0 bridgehead atoms. The van der Waals surface area contributed by atoms with Crippen LogP contribution in [0.25, 0.3) is 11.1 Å². The lowest BCUT2D eigenvalue weighted by Crippen LogP contribution is -2.50. The van der Waals surface area contributed by atoms with E-state index in [2.05, 4.69) is 37.0 Å². The summed E-state index contributed by atoms with van der Waals surface area (Å²) in [5.74, 6) is 0.113. The molecule has 1 aromatic heterocycles. The van der Waals surface area contributed by atoms with Gasteiger partial charge in [0.1, 0.15) is 18.2 Å². The van der Waals surface area contributed by atoms with Crippen LogP contribution < -0.4 is 9.47 Å². The summed E-state index contributed by atoms with van der Waals surface area (Å²) >= 11 is 0. The number of fused-ring (bicyclic) bond motifs is 2. The van der Waals surface area contributed by atoms with Crippen molar-refractivity contribution in [3.63, 3.8) is 0 Å². The van der Waals surface area contributed by atoms with Crippen LogP contribution in [-0.4, -0.2) is 23.2 Å². The maximum Gasteiger partial charge on any atom is 0.307 e. The highest BCUT2D eigenvalue weighted by molar-refractivity contribution is 5.75. The number of aromatic nitrogens is 1. The number of carboxylic acids is 1. The van der Waals surface area contributed by atoms with Gasteiger partial charge in [0.2, 0.25) is 5.88 Å². The fourth-order valence-electron chi connectivity index (χ4n) is 7.72. The molecule has 0 saturated heterocycles. The van der Waals surface area contributed by atoms with Crippen LogP contribution in [0.2, 0.25) is 0 Å². The highest BCUT2D eigenvalue weighted by atomic mass is 19.1. The van der Waals surface area contributed by atoms with Crippen LogP contribution in [0.15, 0.2) is 48.7 Å². The van der Waals surface area contributed by atoms with Crippen molar-refractivity contribution in [1.82, 2.24) is 4.98 Å². The van der Waals surface area contributed by atoms with Crippen LogP contribution in [0.4, 0.5) is 4.39 Å². The molecule has 0 unspecified atom stereocenters. The summed E-state index contributed by atoms with van der Waals surface area (Å²) in [6.07, 6.45) is 9.20. The average Bonchev–Trinajstić information content (AvgIpc) is 3.29. The van der Waals surface area contributed by atoms with Crippen molar-refractivity contribution >= 4 is 5.97 Å². The fourth-order valence-corrected chi connectivity index (χ4v) is 7.72. The van der Waals surface area contributed by atoms with E-state index in [0.29, 0.717) is 24.0 Å². The number of hydrogen-bond acceptors (Lipinski definition) is 4. The van der Waals surface area contributed by atoms with Crippen molar-refractivity contribution in [2.45, 2.75) is 83.2 Å². The molecule has 40 heavy (non-hydrogen) atoms. The minimum atomic E-state index is -0.684. The van der Waals surface area contributed by atoms with Crippen LogP contribution in [0.1, 0.15) is 87.0 Å². The second kappa shape index (κ2) is 10.2. The maximum atomic E-state index is 15.1. The number of nitrogens with zero attached hydrogens (tertiary/aromatic N) is 1. The quantitative estimate of drug-likeness (QED) is 0.329. The molecule has 6 heteroatoms. The summed E-state index contributed by atoms with van der Waals surface area (Å²) in [7, 11) is 1.54. The van der Waals surface area contributed by atoms with E-state index in [1.54, 1.807) is 13.2 Å². The molecule has 3 aliphatic rings. The number of halogens is 1. The molecule has 2 fully saturated rings. The maximum absolute atomic E-state index is 15.1. The third-order valence-corrected chi connectivity index (χ3v) is 10.0. The zero-order valence-electron chi connectivity index (χ0n) is 23.6. The summed E-state index contributed by atoms with van der Waals surface area (Å²) in [4.78, 5) is 16.0. The molecule has 6 rings (SSSR count). The number of hydrogen-bond donors (Lipinski definition) is 1. The number of benzene rings is 2. The first-order valence-corrected chi connectivity index (χ1v) is 14.5. The van der Waals surface area contributed by atoms with Gasteiger partial charge in [0.25, 0.3) is 0 Å². The molecule has 3 atom stereocenters. The van der Waals surface area contributed by atoms with Crippen molar-refractivity contribution in [1.29, 1.82) is 0 Å². The first-order valence-electron chi connectivity index (χ1n) is 14.5. The molecule has 2 aromatic carbocycles. The molecule has 0 amide bonds. The molecule has 1 heterocycles. The number of ether oxygens (including phenoxy) is 2. The molecular formula is C34H38FNO4. The second-order valence-corrected chi connectivity index (χ2v) is 12.6. The zero-order valence-corrected chi connectivity index (χ0v) is 23.6. The molecule has 2 saturated carbocycles. The Labute approximate surface area is 235 Å². The first kappa shape index (κ1) is 26.8. The van der Waals surface area contributed by atoms with E-state index in [-0.39, 0.29) is 22.6 Å². The van der Waals surface area contributed by atoms with Crippen molar-refractivity contribution in [3.8, 4) is 22.8 Å². The number of methoxy groups -OCH3 is 1. The van der Waals surface area contributed by atoms with E-state index in [9.17, 15) is 9.90 Å². The topological polar surface area (TPSA) is 68.7 Å². The smallest absolute Gasteiger partial charge is 0.307 e. The Hall–Kier alpha value is -3.41. The average molecular weight is 544 g/mol. The van der Waals surface area contributed by atoms with E-state index >= 15 is 4.39 Å². The summed E-state index contributed by atoms with van der Waals surface area (Å²) in [5.41, 5.74) is 5.83. The minimum absolute atomic E-state index is 0.109. The Morgan fingerprint density at radius 1 is 1.05 bits per heavy atom. The number of carboxylic acid groups (broad SMARTS) is 1. The van der Waals surface area contributed by atoms with Gasteiger partial charge in [-0.1, -0.05) is 44.5 Å². The molecular weight excluding hydrogens is 505 g/mol. The van der Waals surface area contributed by atoms with Gasteiger partial charge in [-0.05, 0) is 96.2 Å². The van der Waals surface area contributed by atoms with Gasteiger partial charge in [0.15, 0.2) is 0 Å². The minimum Gasteiger partial charge on any atom is -0.489 e. The Balaban J connectivity index is 1.31. The van der Waals surface area contributed by atoms with Crippen molar-refractivity contribution < 1.29 is 23.8 Å². The summed E-state index contributed by atoms with van der Waals surface area (Å²) < 4.78 is 26.7. The third kappa shape index (κ3) is 4.55. The molecule has 3 aliphatic carbocycles. The number of aliphatic carboxylic acids is 1. The summed E-state index contributed by atoms with van der Waals surface area (Å²) in [6.45, 7) is 4.99. The molecule has 210 valence electrons. The van der Waals surface area contributed by atoms with Crippen LogP contribution >= 0.6 is 0 Å². The van der Waals surface area contributed by atoms with E-state index in [1.807, 2.05) is 18.2 Å². The van der Waals surface area contributed by atoms with Crippen LogP contribution in [0.3, 0.4) is 0 Å². The number of aryl methyl sites for hydroxylation is 1. The lowest BCUT2D eigenvalue weighted by molar-refractivity contribution is -0.150. The van der Waals surface area contributed by atoms with Gasteiger partial charge in [-0.15, -0.1) is 0 Å². The van der Waals surface area contributed by atoms with E-state index in [1.165, 1.54) is 17.3 Å². The fraction of sp³-hybridized carbons (Fsp3) is 0.471. The van der Waals surface area contributed by atoms with Gasteiger partial charge in [-0.3, -0.25) is 4.79 Å². The Morgan fingerprint density at radius 3 is 2.60 bits per heavy atom. The lowest BCUT2D eigenvalue weighted by atomic mass is 9.52. The van der Waals surface area contributed by atoms with E-state index in [4.69, 9.17) is 9.47 Å². The normalized spacial score (nSPS) is 24.8. The highest BCUT2D eigenvalue weighted by Gasteiger charge is 2.53. The molecule has 1 N–H and O–H groups in total. The molecule has 5 nitrogen and oxygen atoms in total. The Bertz CT molecular complexity index is 1450. The van der Waals surface area contributed by atoms with Gasteiger partial charge >= 0.3 is 5.97 Å². The summed E-state index contributed by atoms with van der Waals surface area (Å²) in [5, 5.41) is 9.84. The molecule has 3 aromatic rings. The van der Waals surface area contributed by atoms with Gasteiger partial charge in [0.05, 0.1) is 19.2 Å². The monoisotopic (exact) mass is 543 g/mol. The number of carbonyl (C=O) groups is 1. The van der Waals surface area contributed by atoms with E-state index < -0.39 is 5.97 Å². The zero-order chi connectivity index (χ0) is 28.1.